The molecule has 8 nitrogen and oxygen atoms in total. The molecular weight excluding hydrogens is 336 g/mol. The summed E-state index contributed by atoms with van der Waals surface area (Å²) in [5, 5.41) is 13.6. The van der Waals surface area contributed by atoms with Gasteiger partial charge in [-0.3, -0.25) is 0 Å². The van der Waals surface area contributed by atoms with Crippen molar-refractivity contribution in [2.45, 2.75) is 5.16 Å². The maximum Gasteiger partial charge on any atom is 0.189 e. The summed E-state index contributed by atoms with van der Waals surface area (Å²) in [5.74, 6) is 2.60. The van der Waals surface area contributed by atoms with Crippen molar-refractivity contribution in [2.24, 2.45) is 0 Å². The summed E-state index contributed by atoms with van der Waals surface area (Å²) < 4.78 is 1.70. The number of nitrogens with zero attached hydrogens (tertiary/aromatic N) is 8. The molecule has 0 saturated carbocycles. The Morgan fingerprint density at radius 3 is 2.24 bits per heavy atom. The van der Waals surface area contributed by atoms with Gasteiger partial charge in [-0.05, 0) is 30.5 Å². The van der Waals surface area contributed by atoms with Crippen LogP contribution in [-0.4, -0.2) is 62.4 Å². The van der Waals surface area contributed by atoms with E-state index in [4.69, 9.17) is 0 Å². The summed E-state index contributed by atoms with van der Waals surface area (Å²) in [7, 11) is 0. The molecule has 4 heterocycles. The van der Waals surface area contributed by atoms with Gasteiger partial charge in [-0.25, -0.2) is 14.6 Å². The van der Waals surface area contributed by atoms with E-state index >= 15 is 0 Å². The highest BCUT2D eigenvalue weighted by Gasteiger charge is 2.19. The normalized spacial score (nSPS) is 14.8. The van der Waals surface area contributed by atoms with Gasteiger partial charge in [0.1, 0.15) is 5.82 Å². The van der Waals surface area contributed by atoms with Crippen LogP contribution >= 0.6 is 11.8 Å². The van der Waals surface area contributed by atoms with Crippen LogP contribution in [0.15, 0.2) is 48.0 Å². The van der Waals surface area contributed by atoms with Gasteiger partial charge in [0.2, 0.25) is 0 Å². The molecule has 0 unspecified atom stereocenters. The van der Waals surface area contributed by atoms with Crippen molar-refractivity contribution in [1.82, 2.24) is 29.9 Å². The first-order valence-corrected chi connectivity index (χ1v) is 9.26. The first-order chi connectivity index (χ1) is 12.3. The zero-order chi connectivity index (χ0) is 17.1. The number of hydrogen-bond donors (Lipinski definition) is 0. The Labute approximate surface area is 149 Å². The van der Waals surface area contributed by atoms with Crippen molar-refractivity contribution in [3.05, 3.63) is 42.9 Å². The molecule has 1 fully saturated rings. The molecule has 1 saturated heterocycles. The molecule has 0 aliphatic carbocycles. The third-order valence-corrected chi connectivity index (χ3v) is 4.67. The van der Waals surface area contributed by atoms with E-state index < -0.39 is 0 Å². The maximum absolute atomic E-state index is 4.57. The van der Waals surface area contributed by atoms with Crippen LogP contribution in [0.3, 0.4) is 0 Å². The molecule has 128 valence electrons. The van der Waals surface area contributed by atoms with Gasteiger partial charge in [0, 0.05) is 44.8 Å². The number of thioether (sulfide) groups is 1. The maximum atomic E-state index is 4.57. The minimum Gasteiger partial charge on any atom is -0.353 e. The predicted molar refractivity (Wildman–Crippen MR) is 97.4 cm³/mol. The summed E-state index contributed by atoms with van der Waals surface area (Å²) >= 11 is 1.56. The lowest BCUT2D eigenvalue weighted by molar-refractivity contribution is 0.633. The standard InChI is InChI=1S/C16H18N8S/c1-25-16-17-7-5-13(19-16)22-9-11-23(12-10-22)14-3-4-15(21-20-14)24-8-2-6-18-24/h2-8H,9-12H2,1H3. The van der Waals surface area contributed by atoms with Gasteiger partial charge in [-0.2, -0.15) is 5.10 Å². The Hall–Kier alpha value is -2.68. The van der Waals surface area contributed by atoms with Crippen LogP contribution in [0, 0.1) is 0 Å². The van der Waals surface area contributed by atoms with E-state index in [0.717, 1.165) is 48.8 Å². The molecule has 0 atom stereocenters. The van der Waals surface area contributed by atoms with E-state index in [2.05, 4.69) is 35.1 Å². The van der Waals surface area contributed by atoms with E-state index in [1.165, 1.54) is 0 Å². The van der Waals surface area contributed by atoms with Gasteiger partial charge < -0.3 is 9.80 Å². The van der Waals surface area contributed by atoms with Crippen molar-refractivity contribution >= 4 is 23.4 Å². The molecule has 0 bridgehead atoms. The van der Waals surface area contributed by atoms with E-state index in [9.17, 15) is 0 Å². The van der Waals surface area contributed by atoms with Crippen molar-refractivity contribution in [2.75, 3.05) is 42.2 Å². The third kappa shape index (κ3) is 3.41. The van der Waals surface area contributed by atoms with Crippen LogP contribution in [0.25, 0.3) is 5.82 Å². The minimum atomic E-state index is 0.720. The van der Waals surface area contributed by atoms with Crippen LogP contribution in [0.5, 0.6) is 0 Å². The monoisotopic (exact) mass is 354 g/mol. The number of piperazine rings is 1. The molecule has 0 aromatic carbocycles. The second kappa shape index (κ2) is 7.06. The summed E-state index contributed by atoms with van der Waals surface area (Å²) in [6.45, 7) is 3.56. The van der Waals surface area contributed by atoms with Crippen molar-refractivity contribution in [3.8, 4) is 5.82 Å². The minimum absolute atomic E-state index is 0.720. The van der Waals surface area contributed by atoms with E-state index in [1.54, 1.807) is 22.6 Å². The fourth-order valence-corrected chi connectivity index (χ4v) is 3.14. The third-order valence-electron chi connectivity index (χ3n) is 4.10. The van der Waals surface area contributed by atoms with Crippen LogP contribution in [-0.2, 0) is 0 Å². The lowest BCUT2D eigenvalue weighted by Gasteiger charge is -2.35. The molecule has 0 N–H and O–H groups in total. The highest BCUT2D eigenvalue weighted by atomic mass is 32.2. The highest BCUT2D eigenvalue weighted by molar-refractivity contribution is 7.98. The number of hydrogen-bond acceptors (Lipinski definition) is 8. The van der Waals surface area contributed by atoms with Gasteiger partial charge in [0.25, 0.3) is 0 Å². The Bertz CT molecular complexity index is 812. The second-order valence-electron chi connectivity index (χ2n) is 5.58. The highest BCUT2D eigenvalue weighted by Crippen LogP contribution is 2.19. The molecule has 3 aromatic heterocycles. The molecule has 4 rings (SSSR count). The Balaban J connectivity index is 1.41. The zero-order valence-corrected chi connectivity index (χ0v) is 14.7. The van der Waals surface area contributed by atoms with Gasteiger partial charge >= 0.3 is 0 Å². The first-order valence-electron chi connectivity index (χ1n) is 8.04. The molecular formula is C16H18N8S. The molecule has 9 heteroatoms. The molecule has 0 spiro atoms. The van der Waals surface area contributed by atoms with Crippen LogP contribution in [0.2, 0.25) is 0 Å². The van der Waals surface area contributed by atoms with Crippen molar-refractivity contribution in [1.29, 1.82) is 0 Å². The zero-order valence-electron chi connectivity index (χ0n) is 13.9. The molecule has 1 aliphatic heterocycles. The van der Waals surface area contributed by atoms with Crippen LogP contribution in [0.4, 0.5) is 11.6 Å². The average Bonchev–Trinajstić information content (AvgIpc) is 3.23. The topological polar surface area (TPSA) is 75.9 Å². The molecule has 25 heavy (non-hydrogen) atoms. The Kier molecular flexibility index (Phi) is 4.47. The second-order valence-corrected chi connectivity index (χ2v) is 6.35. The average molecular weight is 354 g/mol. The fraction of sp³-hybridized carbons (Fsp3) is 0.312. The number of aromatic nitrogens is 6. The van der Waals surface area contributed by atoms with E-state index in [1.807, 2.05) is 42.9 Å². The quantitative estimate of drug-likeness (QED) is 0.515. The van der Waals surface area contributed by atoms with Crippen LogP contribution in [0.1, 0.15) is 0 Å². The van der Waals surface area contributed by atoms with E-state index in [0.29, 0.717) is 0 Å². The van der Waals surface area contributed by atoms with Gasteiger partial charge in [-0.15, -0.1) is 10.2 Å². The number of anilines is 2. The fourth-order valence-electron chi connectivity index (χ4n) is 2.78. The molecule has 1 aliphatic rings. The van der Waals surface area contributed by atoms with Gasteiger partial charge in [-0.1, -0.05) is 11.8 Å². The molecule has 0 radical (unpaired) electrons. The predicted octanol–water partition coefficient (Wildman–Crippen LogP) is 1.50. The lowest BCUT2D eigenvalue weighted by Crippen LogP contribution is -2.47. The smallest absolute Gasteiger partial charge is 0.189 e. The Morgan fingerprint density at radius 1 is 0.880 bits per heavy atom. The molecule has 0 amide bonds. The van der Waals surface area contributed by atoms with Crippen molar-refractivity contribution < 1.29 is 0 Å². The Morgan fingerprint density at radius 2 is 1.60 bits per heavy atom. The summed E-state index contributed by atoms with van der Waals surface area (Å²) in [6.07, 6.45) is 7.39. The van der Waals surface area contributed by atoms with Crippen molar-refractivity contribution in [3.63, 3.8) is 0 Å². The lowest BCUT2D eigenvalue weighted by atomic mass is 10.3. The van der Waals surface area contributed by atoms with Crippen LogP contribution < -0.4 is 9.80 Å². The van der Waals surface area contributed by atoms with E-state index in [-0.39, 0.29) is 0 Å². The van der Waals surface area contributed by atoms with Gasteiger partial charge in [0.05, 0.1) is 0 Å². The SMILES string of the molecule is CSc1nccc(N2CCN(c3ccc(-n4cccn4)nn3)CC2)n1. The molecule has 3 aromatic rings. The van der Waals surface area contributed by atoms with Gasteiger partial charge in [0.15, 0.2) is 16.8 Å². The number of rotatable bonds is 4. The first kappa shape index (κ1) is 15.8. The summed E-state index contributed by atoms with van der Waals surface area (Å²) in [5.41, 5.74) is 0. The summed E-state index contributed by atoms with van der Waals surface area (Å²) in [6, 6.07) is 7.77. The summed E-state index contributed by atoms with van der Waals surface area (Å²) in [4.78, 5) is 13.3. The largest absolute Gasteiger partial charge is 0.353 e.